The maximum absolute atomic E-state index is 12.9. The zero-order valence-corrected chi connectivity index (χ0v) is 15.8. The van der Waals surface area contributed by atoms with Gasteiger partial charge in [0.25, 0.3) is 10.0 Å². The van der Waals surface area contributed by atoms with Crippen molar-refractivity contribution >= 4 is 15.7 Å². The van der Waals surface area contributed by atoms with Gasteiger partial charge in [0.1, 0.15) is 0 Å². The van der Waals surface area contributed by atoms with E-state index in [1.165, 1.54) is 30.3 Å². The first-order chi connectivity index (χ1) is 13.2. The average molecular weight is 405 g/mol. The predicted octanol–water partition coefficient (Wildman–Crippen LogP) is 5.74. The fraction of sp³-hybridized carbons (Fsp3) is 0.143. The van der Waals surface area contributed by atoms with Crippen LogP contribution in [0, 0.1) is 0 Å². The number of nitrogens with one attached hydrogen (secondary N) is 1. The minimum Gasteiger partial charge on any atom is -0.280 e. The zero-order valence-electron chi connectivity index (χ0n) is 15.0. The highest BCUT2D eigenvalue weighted by Gasteiger charge is 2.30. The van der Waals surface area contributed by atoms with Crippen molar-refractivity contribution in [1.82, 2.24) is 0 Å². The zero-order chi connectivity index (χ0) is 20.4. The van der Waals surface area contributed by atoms with Crippen LogP contribution in [0.5, 0.6) is 0 Å². The molecule has 0 unspecified atom stereocenters. The number of alkyl halides is 3. The summed E-state index contributed by atoms with van der Waals surface area (Å²) in [6.45, 7) is 2.01. The van der Waals surface area contributed by atoms with Crippen molar-refractivity contribution in [3.63, 3.8) is 0 Å². The van der Waals surface area contributed by atoms with E-state index in [2.05, 4.69) is 4.72 Å². The van der Waals surface area contributed by atoms with Gasteiger partial charge in [-0.3, -0.25) is 4.72 Å². The van der Waals surface area contributed by atoms with Crippen molar-refractivity contribution < 1.29 is 21.6 Å². The first kappa shape index (κ1) is 19.9. The third-order valence-corrected chi connectivity index (χ3v) is 5.70. The molecule has 3 aromatic rings. The number of hydrogen-bond donors (Lipinski definition) is 1. The molecule has 0 aliphatic heterocycles. The molecule has 0 aliphatic rings. The molecule has 3 aromatic carbocycles. The summed E-state index contributed by atoms with van der Waals surface area (Å²) in [6, 6.07) is 17.7. The molecule has 0 fully saturated rings. The SMILES string of the molecule is CCc1ccc(NS(=O)(=O)c2ccc(-c3cccc(C(F)(F)F)c3)cc2)cc1. The molecule has 0 heterocycles. The summed E-state index contributed by atoms with van der Waals surface area (Å²) in [5.74, 6) is 0. The molecule has 0 saturated heterocycles. The molecule has 0 aliphatic carbocycles. The number of sulfonamides is 1. The lowest BCUT2D eigenvalue weighted by Gasteiger charge is -2.11. The van der Waals surface area contributed by atoms with E-state index >= 15 is 0 Å². The van der Waals surface area contributed by atoms with Crippen molar-refractivity contribution in [3.8, 4) is 11.1 Å². The normalized spacial score (nSPS) is 12.0. The Morgan fingerprint density at radius 1 is 0.857 bits per heavy atom. The molecule has 0 amide bonds. The van der Waals surface area contributed by atoms with Crippen molar-refractivity contribution in [1.29, 1.82) is 0 Å². The molecule has 3 rings (SSSR count). The molecule has 0 spiro atoms. The van der Waals surface area contributed by atoms with E-state index in [9.17, 15) is 21.6 Å². The molecule has 146 valence electrons. The van der Waals surface area contributed by atoms with Crippen LogP contribution in [0.15, 0.2) is 77.7 Å². The minimum atomic E-state index is -4.43. The second kappa shape index (κ2) is 7.67. The maximum Gasteiger partial charge on any atom is 0.416 e. The highest BCUT2D eigenvalue weighted by atomic mass is 32.2. The van der Waals surface area contributed by atoms with Gasteiger partial charge in [-0.25, -0.2) is 8.42 Å². The number of benzene rings is 3. The van der Waals surface area contributed by atoms with Crippen LogP contribution in [0.4, 0.5) is 18.9 Å². The summed E-state index contributed by atoms with van der Waals surface area (Å²) in [7, 11) is -3.79. The van der Waals surface area contributed by atoms with Crippen molar-refractivity contribution in [3.05, 3.63) is 83.9 Å². The Bertz CT molecular complexity index is 1060. The summed E-state index contributed by atoms with van der Waals surface area (Å²) in [5.41, 5.74) is 1.64. The van der Waals surface area contributed by atoms with Crippen molar-refractivity contribution in [2.75, 3.05) is 4.72 Å². The van der Waals surface area contributed by atoms with E-state index in [1.807, 2.05) is 19.1 Å². The van der Waals surface area contributed by atoms with Crippen LogP contribution in [0.1, 0.15) is 18.1 Å². The standard InChI is InChI=1S/C21H18F3NO2S/c1-2-15-6-10-19(11-7-15)25-28(26,27)20-12-8-16(9-13-20)17-4-3-5-18(14-17)21(22,23)24/h3-14,25H,2H2,1H3. The van der Waals surface area contributed by atoms with Crippen LogP contribution < -0.4 is 4.72 Å². The molecular weight excluding hydrogens is 387 g/mol. The minimum absolute atomic E-state index is 0.0304. The molecule has 0 bridgehead atoms. The molecule has 0 atom stereocenters. The fourth-order valence-corrected chi connectivity index (χ4v) is 3.78. The van der Waals surface area contributed by atoms with Gasteiger partial charge in [0.15, 0.2) is 0 Å². The molecule has 0 radical (unpaired) electrons. The molecule has 28 heavy (non-hydrogen) atoms. The number of anilines is 1. The van der Waals surface area contributed by atoms with Crippen LogP contribution in [-0.2, 0) is 22.6 Å². The summed E-state index contributed by atoms with van der Waals surface area (Å²) >= 11 is 0. The van der Waals surface area contributed by atoms with Gasteiger partial charge in [-0.15, -0.1) is 0 Å². The second-order valence-corrected chi connectivity index (χ2v) is 7.94. The second-order valence-electron chi connectivity index (χ2n) is 6.26. The summed E-state index contributed by atoms with van der Waals surface area (Å²) in [6.07, 6.45) is -3.58. The highest BCUT2D eigenvalue weighted by molar-refractivity contribution is 7.92. The van der Waals surface area contributed by atoms with Crippen LogP contribution in [0.2, 0.25) is 0 Å². The van der Waals surface area contributed by atoms with Gasteiger partial charge in [0.05, 0.1) is 10.5 Å². The number of hydrogen-bond acceptors (Lipinski definition) is 2. The van der Waals surface area contributed by atoms with Crippen LogP contribution in [0.25, 0.3) is 11.1 Å². The van der Waals surface area contributed by atoms with Gasteiger partial charge in [-0.05, 0) is 59.5 Å². The quantitative estimate of drug-likeness (QED) is 0.589. The monoisotopic (exact) mass is 405 g/mol. The topological polar surface area (TPSA) is 46.2 Å². The van der Waals surface area contributed by atoms with E-state index in [0.29, 0.717) is 16.8 Å². The van der Waals surface area contributed by atoms with Gasteiger partial charge in [0, 0.05) is 5.69 Å². The summed E-state index contributed by atoms with van der Waals surface area (Å²) in [4.78, 5) is 0.0304. The molecule has 3 nitrogen and oxygen atoms in total. The number of halogens is 3. The molecule has 0 aromatic heterocycles. The summed E-state index contributed by atoms with van der Waals surface area (Å²) < 4.78 is 66.2. The maximum atomic E-state index is 12.9. The van der Waals surface area contributed by atoms with Gasteiger partial charge in [-0.2, -0.15) is 13.2 Å². The average Bonchev–Trinajstić information content (AvgIpc) is 2.68. The van der Waals surface area contributed by atoms with Crippen LogP contribution in [0.3, 0.4) is 0 Å². The Labute approximate surface area is 161 Å². The van der Waals surface area contributed by atoms with Crippen molar-refractivity contribution in [2.24, 2.45) is 0 Å². The van der Waals surface area contributed by atoms with Gasteiger partial charge in [0.2, 0.25) is 0 Å². The molecule has 7 heteroatoms. The predicted molar refractivity (Wildman–Crippen MR) is 104 cm³/mol. The Balaban J connectivity index is 1.83. The van der Waals surface area contributed by atoms with Crippen molar-refractivity contribution in [2.45, 2.75) is 24.4 Å². The first-order valence-corrected chi connectivity index (χ1v) is 10.1. The Kier molecular flexibility index (Phi) is 5.47. The summed E-state index contributed by atoms with van der Waals surface area (Å²) in [5, 5.41) is 0. The van der Waals surface area contributed by atoms with Gasteiger partial charge in [-0.1, -0.05) is 43.3 Å². The van der Waals surface area contributed by atoms with E-state index in [4.69, 9.17) is 0 Å². The third kappa shape index (κ3) is 4.54. The van der Waals surface area contributed by atoms with E-state index in [1.54, 1.807) is 18.2 Å². The molecule has 1 N–H and O–H groups in total. The Hall–Kier alpha value is -2.80. The molecule has 0 saturated carbocycles. The lowest BCUT2D eigenvalue weighted by molar-refractivity contribution is -0.137. The first-order valence-electron chi connectivity index (χ1n) is 8.58. The number of rotatable bonds is 5. The van der Waals surface area contributed by atoms with Gasteiger partial charge < -0.3 is 0 Å². The van der Waals surface area contributed by atoms with E-state index in [0.717, 1.165) is 24.1 Å². The van der Waals surface area contributed by atoms with E-state index < -0.39 is 21.8 Å². The van der Waals surface area contributed by atoms with Gasteiger partial charge >= 0.3 is 6.18 Å². The fourth-order valence-electron chi connectivity index (χ4n) is 2.72. The smallest absolute Gasteiger partial charge is 0.280 e. The number of aryl methyl sites for hydroxylation is 1. The highest BCUT2D eigenvalue weighted by Crippen LogP contribution is 2.32. The van der Waals surface area contributed by atoms with Crippen LogP contribution in [-0.4, -0.2) is 8.42 Å². The third-order valence-electron chi connectivity index (χ3n) is 4.30. The lowest BCUT2D eigenvalue weighted by Crippen LogP contribution is -2.12. The van der Waals surface area contributed by atoms with E-state index in [-0.39, 0.29) is 4.90 Å². The molecular formula is C21H18F3NO2S. The van der Waals surface area contributed by atoms with Crippen LogP contribution >= 0.6 is 0 Å². The lowest BCUT2D eigenvalue weighted by atomic mass is 10.0. The largest absolute Gasteiger partial charge is 0.416 e. The Morgan fingerprint density at radius 3 is 2.07 bits per heavy atom. The Morgan fingerprint density at radius 2 is 1.50 bits per heavy atom.